The standard InChI is InChI=1S/C25H40N4O4S/c1-32-21-10-9-19(23-22(21)28-25(31)34-23)11-15-27-14-7-5-3-2-4-6-8-16-29-17-12-20(13-18-29)33-24(26)30/h9-10,20,27H,2-8,11-18H2,1H3,(H2,26,30)(H,28,31). The number of amides is 1. The minimum Gasteiger partial charge on any atom is -0.495 e. The highest BCUT2D eigenvalue weighted by Gasteiger charge is 2.20. The summed E-state index contributed by atoms with van der Waals surface area (Å²) in [5.41, 5.74) is 7.10. The Kier molecular flexibility index (Phi) is 11.2. The van der Waals surface area contributed by atoms with Crippen LogP contribution in [0.3, 0.4) is 0 Å². The summed E-state index contributed by atoms with van der Waals surface area (Å²) < 4.78 is 11.4. The number of rotatable bonds is 15. The number of H-pyrrole nitrogens is 1. The SMILES string of the molecule is COc1ccc(CCNCCCCCCCCCN2CCC(OC(N)=O)CC2)c2sc(=O)[nH]c12. The summed E-state index contributed by atoms with van der Waals surface area (Å²) in [6, 6.07) is 4.00. The molecule has 1 aliphatic heterocycles. The van der Waals surface area contributed by atoms with Crippen LogP contribution in [0.5, 0.6) is 5.75 Å². The fraction of sp³-hybridized carbons (Fsp3) is 0.680. The second kappa shape index (κ2) is 14.3. The number of thiazole rings is 1. The fourth-order valence-electron chi connectivity index (χ4n) is 4.66. The van der Waals surface area contributed by atoms with Crippen LogP contribution in [-0.4, -0.2) is 61.9 Å². The molecule has 9 heteroatoms. The second-order valence-corrected chi connectivity index (χ2v) is 10.1. The number of methoxy groups -OCH3 is 1. The summed E-state index contributed by atoms with van der Waals surface area (Å²) in [6.07, 6.45) is 11.0. The molecule has 0 spiro atoms. The summed E-state index contributed by atoms with van der Waals surface area (Å²) in [7, 11) is 1.63. The van der Waals surface area contributed by atoms with Crippen molar-refractivity contribution in [1.82, 2.24) is 15.2 Å². The maximum absolute atomic E-state index is 11.8. The Bertz CT molecular complexity index is 937. The zero-order chi connectivity index (χ0) is 24.2. The van der Waals surface area contributed by atoms with Crippen LogP contribution in [0.4, 0.5) is 4.79 Å². The molecular weight excluding hydrogens is 452 g/mol. The molecule has 0 atom stereocenters. The van der Waals surface area contributed by atoms with Gasteiger partial charge in [-0.3, -0.25) is 4.79 Å². The number of primary amides is 1. The average molecular weight is 493 g/mol. The van der Waals surface area contributed by atoms with Crippen LogP contribution in [0.2, 0.25) is 0 Å². The lowest BCUT2D eigenvalue weighted by atomic mass is 10.1. The highest BCUT2D eigenvalue weighted by molar-refractivity contribution is 7.16. The molecule has 2 aromatic rings. The average Bonchev–Trinajstić information content (AvgIpc) is 3.22. The molecule has 1 aliphatic rings. The molecule has 0 saturated carbocycles. The number of nitrogens with two attached hydrogens (primary N) is 1. The number of nitrogens with zero attached hydrogens (tertiary/aromatic N) is 1. The van der Waals surface area contributed by atoms with Gasteiger partial charge in [-0.2, -0.15) is 0 Å². The van der Waals surface area contributed by atoms with Crippen molar-refractivity contribution < 1.29 is 14.3 Å². The Hall–Kier alpha value is -2.10. The lowest BCUT2D eigenvalue weighted by Crippen LogP contribution is -2.39. The molecule has 1 saturated heterocycles. The maximum Gasteiger partial charge on any atom is 0.404 e. The molecule has 34 heavy (non-hydrogen) atoms. The molecule has 3 rings (SSSR count). The number of likely N-dealkylation sites (tertiary alicyclic amines) is 1. The predicted molar refractivity (Wildman–Crippen MR) is 138 cm³/mol. The first-order valence-electron chi connectivity index (χ1n) is 12.6. The second-order valence-electron chi connectivity index (χ2n) is 9.10. The number of benzene rings is 1. The molecule has 4 N–H and O–H groups in total. The Morgan fingerprint density at radius 1 is 1.12 bits per heavy atom. The summed E-state index contributed by atoms with van der Waals surface area (Å²) >= 11 is 1.26. The number of hydrogen-bond acceptors (Lipinski definition) is 7. The Morgan fingerprint density at radius 3 is 2.53 bits per heavy atom. The number of carbonyl (C=O) groups is 1. The van der Waals surface area contributed by atoms with Crippen molar-refractivity contribution >= 4 is 27.6 Å². The van der Waals surface area contributed by atoms with Gasteiger partial charge < -0.3 is 30.4 Å². The minimum atomic E-state index is -0.652. The van der Waals surface area contributed by atoms with E-state index in [1.54, 1.807) is 7.11 Å². The van der Waals surface area contributed by atoms with E-state index in [-0.39, 0.29) is 11.0 Å². The van der Waals surface area contributed by atoms with E-state index in [9.17, 15) is 9.59 Å². The minimum absolute atomic E-state index is 0.00775. The number of piperidine rings is 1. The molecule has 0 unspecified atom stereocenters. The van der Waals surface area contributed by atoms with E-state index in [4.69, 9.17) is 15.2 Å². The van der Waals surface area contributed by atoms with E-state index >= 15 is 0 Å². The summed E-state index contributed by atoms with van der Waals surface area (Å²) in [5, 5.41) is 3.54. The zero-order valence-corrected chi connectivity index (χ0v) is 21.2. The van der Waals surface area contributed by atoms with Gasteiger partial charge in [0.1, 0.15) is 17.4 Å². The van der Waals surface area contributed by atoms with Crippen LogP contribution >= 0.6 is 11.3 Å². The third-order valence-electron chi connectivity index (χ3n) is 6.56. The third-order valence-corrected chi connectivity index (χ3v) is 7.52. The molecular formula is C25H40N4O4S. The lowest BCUT2D eigenvalue weighted by Gasteiger charge is -2.31. The number of unbranched alkanes of at least 4 members (excludes halogenated alkanes) is 6. The summed E-state index contributed by atoms with van der Waals surface area (Å²) in [5.74, 6) is 0.724. The van der Waals surface area contributed by atoms with Gasteiger partial charge in [-0.05, 0) is 63.4 Å². The van der Waals surface area contributed by atoms with E-state index in [0.717, 1.165) is 68.0 Å². The number of fused-ring (bicyclic) bond motifs is 1. The van der Waals surface area contributed by atoms with E-state index in [0.29, 0.717) is 0 Å². The zero-order valence-electron chi connectivity index (χ0n) is 20.4. The van der Waals surface area contributed by atoms with Crippen LogP contribution in [0.25, 0.3) is 10.2 Å². The van der Waals surface area contributed by atoms with Crippen molar-refractivity contribution in [3.8, 4) is 5.75 Å². The molecule has 2 heterocycles. The smallest absolute Gasteiger partial charge is 0.404 e. The van der Waals surface area contributed by atoms with Crippen molar-refractivity contribution in [3.63, 3.8) is 0 Å². The topological polar surface area (TPSA) is 110 Å². The summed E-state index contributed by atoms with van der Waals surface area (Å²) in [4.78, 5) is 27.9. The first-order valence-corrected chi connectivity index (χ1v) is 13.5. The van der Waals surface area contributed by atoms with Gasteiger partial charge >= 0.3 is 11.0 Å². The van der Waals surface area contributed by atoms with Crippen LogP contribution in [0.1, 0.15) is 63.4 Å². The van der Waals surface area contributed by atoms with Crippen LogP contribution in [0, 0.1) is 0 Å². The monoisotopic (exact) mass is 492 g/mol. The van der Waals surface area contributed by atoms with E-state index < -0.39 is 6.09 Å². The van der Waals surface area contributed by atoms with Crippen molar-refractivity contribution in [3.05, 3.63) is 27.4 Å². The lowest BCUT2D eigenvalue weighted by molar-refractivity contribution is 0.0558. The first kappa shape index (κ1) is 26.5. The van der Waals surface area contributed by atoms with Crippen LogP contribution in [0.15, 0.2) is 16.9 Å². The quantitative estimate of drug-likeness (QED) is 0.324. The van der Waals surface area contributed by atoms with E-state index in [1.165, 1.54) is 61.8 Å². The van der Waals surface area contributed by atoms with Gasteiger partial charge in [0.15, 0.2) is 0 Å². The Morgan fingerprint density at radius 2 is 1.82 bits per heavy atom. The van der Waals surface area contributed by atoms with E-state index in [1.807, 2.05) is 6.07 Å². The van der Waals surface area contributed by atoms with Crippen molar-refractivity contribution in [2.45, 2.75) is 70.3 Å². The van der Waals surface area contributed by atoms with Gasteiger partial charge in [0.25, 0.3) is 0 Å². The number of carbonyl (C=O) groups excluding carboxylic acids is 1. The van der Waals surface area contributed by atoms with Gasteiger partial charge in [-0.25, -0.2) is 4.79 Å². The van der Waals surface area contributed by atoms with Crippen LogP contribution < -0.4 is 20.7 Å². The number of ether oxygens (including phenoxy) is 2. The molecule has 1 amide bonds. The van der Waals surface area contributed by atoms with Gasteiger partial charge in [0.05, 0.1) is 11.8 Å². The van der Waals surface area contributed by atoms with Gasteiger partial charge in [-0.1, -0.05) is 49.5 Å². The first-order chi connectivity index (χ1) is 16.6. The predicted octanol–water partition coefficient (Wildman–Crippen LogP) is 4.02. The highest BCUT2D eigenvalue weighted by atomic mass is 32.1. The Labute approximate surface area is 206 Å². The van der Waals surface area contributed by atoms with Gasteiger partial charge in [0.2, 0.25) is 0 Å². The molecule has 8 nitrogen and oxygen atoms in total. The fourth-order valence-corrected chi connectivity index (χ4v) is 5.56. The molecule has 0 bridgehead atoms. The van der Waals surface area contributed by atoms with Gasteiger partial charge in [-0.15, -0.1) is 0 Å². The van der Waals surface area contributed by atoms with Gasteiger partial charge in [0, 0.05) is 13.1 Å². The van der Waals surface area contributed by atoms with Crippen molar-refractivity contribution in [2.24, 2.45) is 5.73 Å². The normalized spacial score (nSPS) is 15.1. The molecule has 0 aliphatic carbocycles. The highest BCUT2D eigenvalue weighted by Crippen LogP contribution is 2.28. The number of aromatic amines is 1. The van der Waals surface area contributed by atoms with Crippen molar-refractivity contribution in [2.75, 3.05) is 39.8 Å². The molecule has 1 aromatic carbocycles. The molecule has 1 fully saturated rings. The number of hydrogen-bond donors (Lipinski definition) is 3. The molecule has 0 radical (unpaired) electrons. The Balaban J connectivity index is 1.15. The molecule has 190 valence electrons. The van der Waals surface area contributed by atoms with E-state index in [2.05, 4.69) is 21.3 Å². The summed E-state index contributed by atoms with van der Waals surface area (Å²) in [6.45, 7) is 5.10. The van der Waals surface area contributed by atoms with Crippen LogP contribution in [-0.2, 0) is 11.2 Å². The largest absolute Gasteiger partial charge is 0.495 e. The third kappa shape index (κ3) is 8.60. The maximum atomic E-state index is 11.8. The molecule has 1 aromatic heterocycles. The van der Waals surface area contributed by atoms with Crippen molar-refractivity contribution in [1.29, 1.82) is 0 Å². The number of aromatic nitrogens is 1. The number of nitrogens with one attached hydrogen (secondary N) is 2.